The van der Waals surface area contributed by atoms with Crippen LogP contribution >= 0.6 is 11.6 Å². The molecule has 0 aliphatic heterocycles. The molecule has 0 bridgehead atoms. The predicted octanol–water partition coefficient (Wildman–Crippen LogP) is -0.0456. The number of rotatable bonds is 8. The second-order valence-electron chi connectivity index (χ2n) is 7.26. The molecule has 14 nitrogen and oxygen atoms in total. The van der Waals surface area contributed by atoms with Crippen molar-refractivity contribution in [2.45, 2.75) is 0 Å². The minimum Gasteiger partial charge on any atom is -0.423 e. The average Bonchev–Trinajstić information content (AvgIpc) is 2.84. The van der Waals surface area contributed by atoms with E-state index in [1.807, 2.05) is 0 Å². The maximum absolute atomic E-state index is 12.5. The summed E-state index contributed by atoms with van der Waals surface area (Å²) in [6, 6.07) is 8.75. The van der Waals surface area contributed by atoms with Crippen molar-refractivity contribution in [3.63, 3.8) is 0 Å². The third-order valence-electron chi connectivity index (χ3n) is 4.69. The molecule has 0 heterocycles. The van der Waals surface area contributed by atoms with Crippen LogP contribution in [0.2, 0.25) is 5.02 Å². The number of nitro groups is 2. The number of ether oxygens (including phenoxy) is 2. The van der Waals surface area contributed by atoms with Gasteiger partial charge in [-0.2, -0.15) is 0 Å². The molecule has 0 saturated carbocycles. The van der Waals surface area contributed by atoms with E-state index in [1.54, 1.807) is 0 Å². The molecule has 0 aliphatic carbocycles. The lowest BCUT2D eigenvalue weighted by molar-refractivity contribution is -0.385. The summed E-state index contributed by atoms with van der Waals surface area (Å²) in [5, 5.41) is 59.1. The number of carbonyl (C=O) groups excluding carboxylic acids is 2. The molecule has 4 N–H and O–H groups in total. The minimum atomic E-state index is -2.09. The van der Waals surface area contributed by atoms with Crippen molar-refractivity contribution in [2.75, 3.05) is 0 Å². The Kier molecular flexibility index (Phi) is 8.21. The first-order chi connectivity index (χ1) is 17.3. The van der Waals surface area contributed by atoms with Gasteiger partial charge in [0.1, 0.15) is 11.5 Å². The highest BCUT2D eigenvalue weighted by Crippen LogP contribution is 2.30. The van der Waals surface area contributed by atoms with Gasteiger partial charge < -0.3 is 29.6 Å². The number of hydrogen-bond donors (Lipinski definition) is 4. The molecule has 3 aromatic rings. The van der Waals surface area contributed by atoms with Crippen LogP contribution in [0.4, 0.5) is 11.4 Å². The first-order valence-corrected chi connectivity index (χ1v) is 10.3. The van der Waals surface area contributed by atoms with Gasteiger partial charge in [-0.3, -0.25) is 20.2 Å². The van der Waals surface area contributed by atoms with E-state index in [0.717, 1.165) is 54.6 Å². The summed E-state index contributed by atoms with van der Waals surface area (Å²) in [5.41, 5.74) is -2.57. The van der Waals surface area contributed by atoms with Crippen molar-refractivity contribution in [1.29, 1.82) is 0 Å². The van der Waals surface area contributed by atoms with Crippen LogP contribution in [0.5, 0.6) is 11.5 Å². The van der Waals surface area contributed by atoms with Crippen LogP contribution in [-0.2, 0) is 0 Å². The van der Waals surface area contributed by atoms with Crippen molar-refractivity contribution in [3.05, 3.63) is 91.0 Å². The average molecular weight is 530 g/mol. The van der Waals surface area contributed by atoms with E-state index >= 15 is 0 Å². The molecule has 0 unspecified atom stereocenters. The second-order valence-corrected chi connectivity index (χ2v) is 7.67. The maximum atomic E-state index is 12.5. The summed E-state index contributed by atoms with van der Waals surface area (Å²) in [4.78, 5) is 45.4. The van der Waals surface area contributed by atoms with E-state index in [9.17, 15) is 49.9 Å². The van der Waals surface area contributed by atoms with Gasteiger partial charge in [-0.15, -0.1) is 0 Å². The predicted molar refractivity (Wildman–Crippen MR) is 127 cm³/mol. The van der Waals surface area contributed by atoms with Gasteiger partial charge in [-0.25, -0.2) is 9.59 Å². The molecule has 0 radical (unpaired) electrons. The van der Waals surface area contributed by atoms with Gasteiger partial charge in [0, 0.05) is 30.3 Å². The van der Waals surface area contributed by atoms with Crippen LogP contribution < -0.4 is 20.4 Å². The van der Waals surface area contributed by atoms with Gasteiger partial charge >= 0.3 is 26.2 Å². The normalized spacial score (nSPS) is 10.4. The first kappa shape index (κ1) is 27.3. The number of benzene rings is 3. The molecular weight excluding hydrogens is 517 g/mol. The number of hydrogen-bond acceptors (Lipinski definition) is 12. The van der Waals surface area contributed by atoms with E-state index in [4.69, 9.17) is 21.1 Å². The Bertz CT molecular complexity index is 1420. The summed E-state index contributed by atoms with van der Waals surface area (Å²) >= 11 is 6.08. The monoisotopic (exact) mass is 530 g/mol. The molecule has 0 saturated heterocycles. The lowest BCUT2D eigenvalue weighted by Crippen LogP contribution is -2.31. The fraction of sp³-hybridized carbons (Fsp3) is 0. The SMILES string of the molecule is O=C(Oc1ccc(OC(=O)c2cc(B(O)O)cc([N+](=O)[O-])c2)c(Cl)c1)c1cc(B(O)O)cc([N+](=O)[O-])c1. The number of non-ortho nitro benzene ring substituents is 2. The quantitative estimate of drug-likeness (QED) is 0.0990. The molecule has 3 rings (SSSR count). The zero-order valence-corrected chi connectivity index (χ0v) is 18.9. The lowest BCUT2D eigenvalue weighted by atomic mass is 9.79. The highest BCUT2D eigenvalue weighted by Gasteiger charge is 2.23. The van der Waals surface area contributed by atoms with Gasteiger partial charge in [0.15, 0.2) is 0 Å². The van der Waals surface area contributed by atoms with Crippen LogP contribution in [0.1, 0.15) is 20.7 Å². The summed E-state index contributed by atoms with van der Waals surface area (Å²) < 4.78 is 10.2. The Balaban J connectivity index is 1.81. The highest BCUT2D eigenvalue weighted by molar-refractivity contribution is 6.59. The van der Waals surface area contributed by atoms with Crippen LogP contribution in [0.3, 0.4) is 0 Å². The Hall–Kier alpha value is -4.34. The molecule has 0 aliphatic rings. The molecule has 0 fully saturated rings. The van der Waals surface area contributed by atoms with Crippen molar-refractivity contribution in [1.82, 2.24) is 0 Å². The largest absolute Gasteiger partial charge is 0.488 e. The van der Waals surface area contributed by atoms with Crippen molar-refractivity contribution < 1.29 is 49.0 Å². The van der Waals surface area contributed by atoms with Crippen LogP contribution in [0.15, 0.2) is 54.6 Å². The topological polar surface area (TPSA) is 220 Å². The van der Waals surface area contributed by atoms with Crippen molar-refractivity contribution in [2.24, 2.45) is 0 Å². The smallest absolute Gasteiger partial charge is 0.423 e. The van der Waals surface area contributed by atoms with Crippen LogP contribution in [-0.4, -0.2) is 56.1 Å². The van der Waals surface area contributed by atoms with Crippen molar-refractivity contribution in [3.8, 4) is 11.5 Å². The van der Waals surface area contributed by atoms with E-state index in [2.05, 4.69) is 0 Å². The molecule has 3 aromatic carbocycles. The molecule has 0 spiro atoms. The zero-order chi connectivity index (χ0) is 27.4. The van der Waals surface area contributed by atoms with Crippen molar-refractivity contribution >= 4 is 60.1 Å². The first-order valence-electron chi connectivity index (χ1n) is 9.90. The van der Waals surface area contributed by atoms with E-state index in [1.165, 1.54) is 0 Å². The molecule has 0 atom stereocenters. The Morgan fingerprint density at radius 1 is 0.730 bits per heavy atom. The lowest BCUT2D eigenvalue weighted by Gasteiger charge is -2.10. The fourth-order valence-electron chi connectivity index (χ4n) is 2.97. The molecule has 0 amide bonds. The zero-order valence-electron chi connectivity index (χ0n) is 18.2. The molecule has 17 heteroatoms. The number of nitro benzene ring substituents is 2. The molecule has 0 aromatic heterocycles. The van der Waals surface area contributed by atoms with Gasteiger partial charge in [0.25, 0.3) is 11.4 Å². The Morgan fingerprint density at radius 2 is 1.19 bits per heavy atom. The van der Waals surface area contributed by atoms with E-state index < -0.39 is 47.4 Å². The number of carbonyl (C=O) groups is 2. The Morgan fingerprint density at radius 3 is 1.59 bits per heavy atom. The summed E-state index contributed by atoms with van der Waals surface area (Å²) in [6.45, 7) is 0. The van der Waals surface area contributed by atoms with E-state index in [0.29, 0.717) is 0 Å². The standard InChI is InChI=1S/C20H13B2ClN2O12/c23-17-9-16(36-19(26)10-3-12(21(28)29)7-14(5-10)24(32)33)1-2-18(17)37-20(27)11-4-13(22(30)31)8-15(6-11)25(34)35/h1-9,28-31H. The van der Waals surface area contributed by atoms with Crippen LogP contribution in [0, 0.1) is 20.2 Å². The summed E-state index contributed by atoms with van der Waals surface area (Å²) in [5.74, 6) is -2.64. The van der Waals surface area contributed by atoms with Gasteiger partial charge in [-0.05, 0) is 35.2 Å². The second kappa shape index (κ2) is 11.2. The molecular formula is C20H13B2ClN2O12. The third kappa shape index (κ3) is 6.66. The fourth-order valence-corrected chi connectivity index (χ4v) is 3.18. The highest BCUT2D eigenvalue weighted by atomic mass is 35.5. The minimum absolute atomic E-state index is 0.173. The summed E-state index contributed by atoms with van der Waals surface area (Å²) in [6.07, 6.45) is 0. The molecule has 37 heavy (non-hydrogen) atoms. The number of esters is 2. The Labute approximate surface area is 211 Å². The van der Waals surface area contributed by atoms with Gasteiger partial charge in [0.2, 0.25) is 0 Å². The maximum Gasteiger partial charge on any atom is 0.488 e. The molecule has 188 valence electrons. The number of halogens is 1. The third-order valence-corrected chi connectivity index (χ3v) is 4.98. The number of nitrogens with zero attached hydrogens (tertiary/aromatic N) is 2. The van der Waals surface area contributed by atoms with E-state index in [-0.39, 0.29) is 38.6 Å². The van der Waals surface area contributed by atoms with Gasteiger partial charge in [0.05, 0.1) is 26.0 Å². The van der Waals surface area contributed by atoms with Gasteiger partial charge in [-0.1, -0.05) is 11.6 Å². The van der Waals surface area contributed by atoms with Crippen LogP contribution in [0.25, 0.3) is 0 Å². The summed E-state index contributed by atoms with van der Waals surface area (Å²) in [7, 11) is -4.18.